The number of quaternary nitrogens is 1. The molecule has 0 spiro atoms. The first-order chi connectivity index (χ1) is 24.6. The standard InChI is InChI=1S/C42H76NO7P/c1-6-8-10-12-14-16-18-20-21-22-24-26-28-30-32-34-37-47-39-41(40-49-51(45,46)48-38-36-43(3,4)5)50-42(44)35-33-31-29-27-25-23-19-17-15-13-11-9-7-2/h8,10-11,13-14,16-17,19-21,41H,6-7,9,12,15,18,22-40H2,1-5H3/b10-8-,13-11-,16-14-,19-17-,21-20-. The normalized spacial score (nSPS) is 14.5. The Bertz CT molecular complexity index is 1000. The van der Waals surface area contributed by atoms with E-state index in [1.165, 1.54) is 25.7 Å². The third-order valence-corrected chi connectivity index (χ3v) is 9.00. The smallest absolute Gasteiger partial charge is 0.306 e. The first-order valence-corrected chi connectivity index (χ1v) is 21.5. The number of allylic oxidation sites excluding steroid dienone is 10. The maximum Gasteiger partial charge on any atom is 0.306 e. The minimum atomic E-state index is -4.53. The number of phosphoric ester groups is 1. The molecule has 0 saturated carbocycles. The summed E-state index contributed by atoms with van der Waals surface area (Å²) in [6.07, 6.45) is 42.3. The number of carbonyl (C=O) groups excluding carboxylic acids is 1. The lowest BCUT2D eigenvalue weighted by molar-refractivity contribution is -0.870. The number of rotatable bonds is 36. The molecule has 0 bridgehead atoms. The highest BCUT2D eigenvalue weighted by atomic mass is 31.2. The molecule has 0 radical (unpaired) electrons. The van der Waals surface area contributed by atoms with Gasteiger partial charge in [-0.3, -0.25) is 9.36 Å². The number of hydrogen-bond acceptors (Lipinski definition) is 7. The van der Waals surface area contributed by atoms with Crippen molar-refractivity contribution in [3.63, 3.8) is 0 Å². The summed E-state index contributed by atoms with van der Waals surface area (Å²) in [4.78, 5) is 25.0. The average molecular weight is 738 g/mol. The first kappa shape index (κ1) is 49.2. The van der Waals surface area contributed by atoms with Crippen LogP contribution in [-0.4, -0.2) is 70.7 Å². The van der Waals surface area contributed by atoms with Crippen molar-refractivity contribution in [3.8, 4) is 0 Å². The largest absolute Gasteiger partial charge is 0.756 e. The van der Waals surface area contributed by atoms with Gasteiger partial charge >= 0.3 is 5.97 Å². The Balaban J connectivity index is 4.33. The molecule has 8 nitrogen and oxygen atoms in total. The predicted octanol–water partition coefficient (Wildman–Crippen LogP) is 10.7. The number of carbonyl (C=O) groups is 1. The second-order valence-corrected chi connectivity index (χ2v) is 15.7. The van der Waals surface area contributed by atoms with Gasteiger partial charge in [0, 0.05) is 13.0 Å². The van der Waals surface area contributed by atoms with Crippen molar-refractivity contribution < 1.29 is 37.3 Å². The van der Waals surface area contributed by atoms with Gasteiger partial charge in [-0.2, -0.15) is 0 Å². The molecule has 0 aromatic heterocycles. The van der Waals surface area contributed by atoms with Crippen LogP contribution in [0.5, 0.6) is 0 Å². The van der Waals surface area contributed by atoms with E-state index in [1.54, 1.807) is 0 Å². The average Bonchev–Trinajstić information content (AvgIpc) is 3.08. The molecule has 0 aliphatic heterocycles. The van der Waals surface area contributed by atoms with Crippen LogP contribution in [0.25, 0.3) is 0 Å². The van der Waals surface area contributed by atoms with Crippen LogP contribution in [0.15, 0.2) is 60.8 Å². The molecular weight excluding hydrogens is 661 g/mol. The molecule has 0 rings (SSSR count). The summed E-state index contributed by atoms with van der Waals surface area (Å²) < 4.78 is 34.5. The summed E-state index contributed by atoms with van der Waals surface area (Å²) in [6.45, 7) is 5.16. The van der Waals surface area contributed by atoms with Gasteiger partial charge in [0.05, 0.1) is 34.4 Å². The van der Waals surface area contributed by atoms with Gasteiger partial charge in [-0.15, -0.1) is 0 Å². The van der Waals surface area contributed by atoms with Gasteiger partial charge in [0.1, 0.15) is 19.3 Å². The zero-order chi connectivity index (χ0) is 37.7. The highest BCUT2D eigenvalue weighted by Gasteiger charge is 2.20. The molecule has 9 heteroatoms. The Labute approximate surface area is 313 Å². The second kappa shape index (κ2) is 35.2. The first-order valence-electron chi connectivity index (χ1n) is 20.0. The van der Waals surface area contributed by atoms with Gasteiger partial charge in [0.25, 0.3) is 7.82 Å². The van der Waals surface area contributed by atoms with Crippen LogP contribution < -0.4 is 4.89 Å². The van der Waals surface area contributed by atoms with Crippen molar-refractivity contribution in [2.45, 2.75) is 148 Å². The summed E-state index contributed by atoms with van der Waals surface area (Å²) in [5.41, 5.74) is 0. The lowest BCUT2D eigenvalue weighted by Crippen LogP contribution is -2.37. The Kier molecular flexibility index (Phi) is 34.0. The predicted molar refractivity (Wildman–Crippen MR) is 212 cm³/mol. The topological polar surface area (TPSA) is 94.1 Å². The van der Waals surface area contributed by atoms with E-state index in [-0.39, 0.29) is 25.8 Å². The minimum absolute atomic E-state index is 0.0175. The summed E-state index contributed by atoms with van der Waals surface area (Å²) >= 11 is 0. The van der Waals surface area contributed by atoms with Crippen LogP contribution in [0.2, 0.25) is 0 Å². The SMILES string of the molecule is CC/C=C\C/C=C\C/C=C\CCCCCCCCOCC(COP(=O)([O-])OCC[N+](C)(C)C)OC(=O)CCCCCCC/C=C\C/C=C\CCC. The fraction of sp³-hybridized carbons (Fsp3) is 0.738. The minimum Gasteiger partial charge on any atom is -0.756 e. The lowest BCUT2D eigenvalue weighted by atomic mass is 10.1. The molecule has 51 heavy (non-hydrogen) atoms. The number of hydrogen-bond donors (Lipinski definition) is 0. The van der Waals surface area contributed by atoms with E-state index in [0.717, 1.165) is 96.3 Å². The molecule has 0 aromatic carbocycles. The molecule has 2 atom stereocenters. The molecule has 0 heterocycles. The second-order valence-electron chi connectivity index (χ2n) is 14.3. The molecular formula is C42H76NO7P. The van der Waals surface area contributed by atoms with E-state index in [0.29, 0.717) is 24.1 Å². The number of likely N-dealkylation sites (N-methyl/N-ethyl adjacent to an activating group) is 1. The summed E-state index contributed by atoms with van der Waals surface area (Å²) in [6, 6.07) is 0. The molecule has 2 unspecified atom stereocenters. The number of esters is 1. The Morgan fingerprint density at radius 2 is 1.14 bits per heavy atom. The fourth-order valence-corrected chi connectivity index (χ4v) is 5.68. The van der Waals surface area contributed by atoms with Gasteiger partial charge in [-0.1, -0.05) is 126 Å². The number of phosphoric acid groups is 1. The van der Waals surface area contributed by atoms with Gasteiger partial charge in [-0.25, -0.2) is 0 Å². The summed E-state index contributed by atoms with van der Waals surface area (Å²) in [5.74, 6) is -0.357. The van der Waals surface area contributed by atoms with Gasteiger partial charge < -0.3 is 27.9 Å². The van der Waals surface area contributed by atoms with E-state index < -0.39 is 13.9 Å². The lowest BCUT2D eigenvalue weighted by Gasteiger charge is -2.28. The van der Waals surface area contributed by atoms with Gasteiger partial charge in [-0.05, 0) is 70.6 Å². The maximum absolute atomic E-state index is 12.6. The molecule has 0 aliphatic carbocycles. The summed E-state index contributed by atoms with van der Waals surface area (Å²) in [7, 11) is 1.32. The molecule has 0 aliphatic rings. The number of unbranched alkanes of at least 4 members (excludes halogenated alkanes) is 12. The van der Waals surface area contributed by atoms with Crippen molar-refractivity contribution in [2.75, 3.05) is 54.1 Å². The van der Waals surface area contributed by atoms with E-state index >= 15 is 0 Å². The zero-order valence-electron chi connectivity index (χ0n) is 33.3. The summed E-state index contributed by atoms with van der Waals surface area (Å²) in [5, 5.41) is 0. The number of ether oxygens (including phenoxy) is 2. The van der Waals surface area contributed by atoms with Gasteiger partial charge in [0.2, 0.25) is 0 Å². The molecule has 0 fully saturated rings. The third kappa shape index (κ3) is 39.2. The maximum atomic E-state index is 12.6. The van der Waals surface area contributed by atoms with Crippen molar-refractivity contribution in [1.29, 1.82) is 0 Å². The van der Waals surface area contributed by atoms with Crippen molar-refractivity contribution >= 4 is 13.8 Å². The zero-order valence-corrected chi connectivity index (χ0v) is 34.2. The third-order valence-electron chi connectivity index (χ3n) is 8.03. The van der Waals surface area contributed by atoms with Crippen LogP contribution in [0.3, 0.4) is 0 Å². The fourth-order valence-electron chi connectivity index (χ4n) is 4.95. The quantitative estimate of drug-likeness (QED) is 0.0208. The van der Waals surface area contributed by atoms with Gasteiger partial charge in [0.15, 0.2) is 0 Å². The molecule has 0 aromatic rings. The monoisotopic (exact) mass is 738 g/mol. The van der Waals surface area contributed by atoms with Crippen LogP contribution in [0, 0.1) is 0 Å². The molecule has 0 amide bonds. The highest BCUT2D eigenvalue weighted by Crippen LogP contribution is 2.38. The van der Waals surface area contributed by atoms with Crippen LogP contribution in [0.1, 0.15) is 142 Å². The van der Waals surface area contributed by atoms with E-state index in [1.807, 2.05) is 21.1 Å². The van der Waals surface area contributed by atoms with Crippen molar-refractivity contribution in [2.24, 2.45) is 0 Å². The molecule has 0 saturated heterocycles. The van der Waals surface area contributed by atoms with E-state index in [2.05, 4.69) is 74.6 Å². The Hall–Kier alpha value is -1.80. The Morgan fingerprint density at radius 3 is 1.71 bits per heavy atom. The van der Waals surface area contributed by atoms with Crippen molar-refractivity contribution in [3.05, 3.63) is 60.8 Å². The molecule has 0 N–H and O–H groups in total. The van der Waals surface area contributed by atoms with Crippen molar-refractivity contribution in [1.82, 2.24) is 0 Å². The van der Waals surface area contributed by atoms with E-state index in [4.69, 9.17) is 18.5 Å². The van der Waals surface area contributed by atoms with Crippen LogP contribution in [0.4, 0.5) is 0 Å². The van der Waals surface area contributed by atoms with Crippen LogP contribution in [-0.2, 0) is 27.9 Å². The molecule has 296 valence electrons. The highest BCUT2D eigenvalue weighted by molar-refractivity contribution is 7.45. The van der Waals surface area contributed by atoms with Crippen LogP contribution >= 0.6 is 7.82 Å². The van der Waals surface area contributed by atoms with E-state index in [9.17, 15) is 14.3 Å². The Morgan fingerprint density at radius 1 is 0.627 bits per heavy atom. The number of nitrogens with zero attached hydrogens (tertiary/aromatic N) is 1.